The molecule has 2 fully saturated rings. The van der Waals surface area contributed by atoms with Gasteiger partial charge in [0.15, 0.2) is 0 Å². The zero-order chi connectivity index (χ0) is 17.1. The van der Waals surface area contributed by atoms with Crippen LogP contribution in [0.1, 0.15) is 43.4 Å². The van der Waals surface area contributed by atoms with Gasteiger partial charge >= 0.3 is 29.6 Å². The number of hydrogen-bond acceptors (Lipinski definition) is 5. The molecule has 7 heteroatoms. The summed E-state index contributed by atoms with van der Waals surface area (Å²) < 4.78 is 0. The topological polar surface area (TPSA) is 85.4 Å². The summed E-state index contributed by atoms with van der Waals surface area (Å²) in [6.07, 6.45) is 6.49. The molecule has 0 bridgehead atoms. The molecule has 0 aromatic carbocycles. The Bertz CT molecular complexity index is 621. The number of carbonyl (C=O) groups excluding carboxylic acids is 2. The van der Waals surface area contributed by atoms with Crippen LogP contribution in [-0.4, -0.2) is 46.4 Å². The van der Waals surface area contributed by atoms with Crippen LogP contribution < -0.4 is 40.0 Å². The Morgan fingerprint density at radius 1 is 1.28 bits per heavy atom. The number of carbonyl (C=O) groups is 2. The van der Waals surface area contributed by atoms with Crippen LogP contribution in [0.3, 0.4) is 0 Å². The first kappa shape index (κ1) is 20.4. The van der Waals surface area contributed by atoms with E-state index in [-0.39, 0.29) is 47.5 Å². The van der Waals surface area contributed by atoms with Gasteiger partial charge in [0.1, 0.15) is 0 Å². The molecule has 2 atom stereocenters. The summed E-state index contributed by atoms with van der Waals surface area (Å²) in [4.78, 5) is 29.9. The monoisotopic (exact) mass is 353 g/mol. The zero-order valence-corrected chi connectivity index (χ0v) is 17.0. The largest absolute Gasteiger partial charge is 1.00 e. The third-order valence-corrected chi connectivity index (χ3v) is 4.98. The number of pyridine rings is 1. The van der Waals surface area contributed by atoms with E-state index >= 15 is 0 Å². The first-order chi connectivity index (χ1) is 11.6. The Morgan fingerprint density at radius 2 is 2.00 bits per heavy atom. The fraction of sp³-hybridized carbons (Fsp3) is 0.611. The molecule has 25 heavy (non-hydrogen) atoms. The molecule has 6 nitrogen and oxygen atoms in total. The van der Waals surface area contributed by atoms with Crippen LogP contribution in [-0.2, 0) is 16.0 Å². The van der Waals surface area contributed by atoms with E-state index in [1.165, 1.54) is 0 Å². The number of rotatable bonds is 7. The first-order valence-electron chi connectivity index (χ1n) is 8.74. The van der Waals surface area contributed by atoms with Crippen molar-refractivity contribution in [2.45, 2.75) is 63.6 Å². The van der Waals surface area contributed by atoms with Crippen LogP contribution in [0.5, 0.6) is 0 Å². The Morgan fingerprint density at radius 3 is 2.64 bits per heavy atom. The van der Waals surface area contributed by atoms with Crippen LogP contribution in [0.15, 0.2) is 18.3 Å². The van der Waals surface area contributed by atoms with Crippen molar-refractivity contribution in [1.82, 2.24) is 15.2 Å². The predicted molar refractivity (Wildman–Crippen MR) is 87.0 cm³/mol. The molecule has 1 aromatic heterocycles. The minimum atomic E-state index is -1.05. The van der Waals surface area contributed by atoms with Crippen molar-refractivity contribution < 1.29 is 44.3 Å². The Kier molecular flexibility index (Phi) is 7.43. The van der Waals surface area contributed by atoms with Crippen LogP contribution in [0.2, 0.25) is 0 Å². The van der Waals surface area contributed by atoms with E-state index in [9.17, 15) is 14.7 Å². The summed E-state index contributed by atoms with van der Waals surface area (Å²) in [7, 11) is 0. The van der Waals surface area contributed by atoms with E-state index in [2.05, 4.69) is 10.3 Å². The summed E-state index contributed by atoms with van der Waals surface area (Å²) >= 11 is 0. The number of nitrogens with one attached hydrogen (secondary N) is 1. The molecule has 2 heterocycles. The number of carboxylic acids is 1. The third kappa shape index (κ3) is 5.03. The third-order valence-electron chi connectivity index (χ3n) is 4.98. The van der Waals surface area contributed by atoms with Gasteiger partial charge in [-0.2, -0.15) is 0 Å². The van der Waals surface area contributed by atoms with Crippen molar-refractivity contribution in [3.05, 3.63) is 29.6 Å². The Labute approximate surface area is 170 Å². The number of hydrogen-bond donors (Lipinski definition) is 1. The number of aryl methyl sites for hydroxylation is 2. The Balaban J connectivity index is 0.00000225. The number of carboxylic acid groups (broad SMARTS) is 1. The molecule has 0 spiro atoms. The maximum atomic E-state index is 12.5. The van der Waals surface area contributed by atoms with Gasteiger partial charge in [-0.25, -0.2) is 0 Å². The molecule has 2 aliphatic rings. The van der Waals surface area contributed by atoms with E-state index < -0.39 is 12.0 Å². The zero-order valence-electron chi connectivity index (χ0n) is 15.0. The SMILES string of the molecule is Cc1cccnc1CCCNC(=O)C1CCC(C(=O)[O-])N1C1CC1.[Na+]. The number of nitrogens with zero attached hydrogens (tertiary/aromatic N) is 2. The minimum Gasteiger partial charge on any atom is -0.548 e. The summed E-state index contributed by atoms with van der Waals surface area (Å²) in [6, 6.07) is 3.26. The van der Waals surface area contributed by atoms with Gasteiger partial charge in [0.25, 0.3) is 0 Å². The second-order valence-corrected chi connectivity index (χ2v) is 6.77. The fourth-order valence-electron chi connectivity index (χ4n) is 3.58. The van der Waals surface area contributed by atoms with Gasteiger partial charge in [-0.05, 0) is 57.1 Å². The Hall–Kier alpha value is -0.950. The van der Waals surface area contributed by atoms with Crippen molar-refractivity contribution in [3.63, 3.8) is 0 Å². The van der Waals surface area contributed by atoms with Crippen molar-refractivity contribution in [1.29, 1.82) is 0 Å². The van der Waals surface area contributed by atoms with Crippen LogP contribution in [0.4, 0.5) is 0 Å². The molecule has 2 unspecified atom stereocenters. The quantitative estimate of drug-likeness (QED) is 0.422. The first-order valence-corrected chi connectivity index (χ1v) is 8.74. The van der Waals surface area contributed by atoms with E-state index in [1.807, 2.05) is 24.0 Å². The average molecular weight is 353 g/mol. The van der Waals surface area contributed by atoms with Gasteiger partial charge in [-0.3, -0.25) is 14.7 Å². The van der Waals surface area contributed by atoms with E-state index in [4.69, 9.17) is 0 Å². The van der Waals surface area contributed by atoms with Crippen LogP contribution >= 0.6 is 0 Å². The summed E-state index contributed by atoms with van der Waals surface area (Å²) in [6.45, 7) is 2.62. The fourth-order valence-corrected chi connectivity index (χ4v) is 3.58. The molecule has 1 N–H and O–H groups in total. The molecule has 1 saturated carbocycles. The number of amides is 1. The number of likely N-dealkylation sites (tertiary alicyclic amines) is 1. The molecule has 3 rings (SSSR count). The molecular formula is C18H24N3NaO3. The molecule has 1 saturated heterocycles. The van der Waals surface area contributed by atoms with Gasteiger partial charge in [0.05, 0.1) is 18.1 Å². The normalized spacial score (nSPS) is 23.1. The van der Waals surface area contributed by atoms with Crippen molar-refractivity contribution in [2.75, 3.05) is 6.54 Å². The minimum absolute atomic E-state index is 0. The van der Waals surface area contributed by atoms with Gasteiger partial charge in [0, 0.05) is 24.5 Å². The van der Waals surface area contributed by atoms with Gasteiger partial charge in [-0.1, -0.05) is 6.07 Å². The molecule has 1 amide bonds. The average Bonchev–Trinajstić information content (AvgIpc) is 3.30. The summed E-state index contributed by atoms with van der Waals surface area (Å²) in [5, 5.41) is 14.2. The maximum absolute atomic E-state index is 12.5. The standard InChI is InChI=1S/C18H25N3O3.Na/c1-12-4-2-10-19-14(12)5-3-11-20-17(22)15-8-9-16(18(23)24)21(15)13-6-7-13;/h2,4,10,13,15-16H,3,5-9,11H2,1H3,(H,20,22)(H,23,24);/q;+1/p-1. The molecule has 1 aliphatic heterocycles. The smallest absolute Gasteiger partial charge is 0.548 e. The van der Waals surface area contributed by atoms with Gasteiger partial charge in [-0.15, -0.1) is 0 Å². The molecule has 130 valence electrons. The van der Waals surface area contributed by atoms with Crippen molar-refractivity contribution >= 4 is 11.9 Å². The molecule has 1 aromatic rings. The molecular weight excluding hydrogens is 329 g/mol. The van der Waals surface area contributed by atoms with Gasteiger partial charge in [0.2, 0.25) is 5.91 Å². The van der Waals surface area contributed by atoms with Gasteiger partial charge < -0.3 is 15.2 Å². The van der Waals surface area contributed by atoms with Crippen molar-refractivity contribution in [3.8, 4) is 0 Å². The van der Waals surface area contributed by atoms with Crippen LogP contribution in [0, 0.1) is 6.92 Å². The number of aromatic nitrogens is 1. The second-order valence-electron chi connectivity index (χ2n) is 6.77. The summed E-state index contributed by atoms with van der Waals surface area (Å²) in [5.74, 6) is -1.11. The van der Waals surface area contributed by atoms with Crippen LogP contribution in [0.25, 0.3) is 0 Å². The van der Waals surface area contributed by atoms with E-state index in [0.29, 0.717) is 19.4 Å². The number of aliphatic carboxylic acids is 1. The molecule has 1 aliphatic carbocycles. The van der Waals surface area contributed by atoms with Crippen molar-refractivity contribution in [2.24, 2.45) is 0 Å². The predicted octanol–water partition coefficient (Wildman–Crippen LogP) is -2.81. The molecule has 0 radical (unpaired) electrons. The maximum Gasteiger partial charge on any atom is 1.00 e. The van der Waals surface area contributed by atoms with E-state index in [1.54, 1.807) is 6.20 Å². The van der Waals surface area contributed by atoms with E-state index in [0.717, 1.165) is 36.9 Å². The second kappa shape index (κ2) is 9.12. The summed E-state index contributed by atoms with van der Waals surface area (Å²) in [5.41, 5.74) is 2.22.